The zero-order valence-electron chi connectivity index (χ0n) is 11.9. The van der Waals surface area contributed by atoms with E-state index in [4.69, 9.17) is 5.73 Å². The molecule has 2 rings (SSSR count). The van der Waals surface area contributed by atoms with Crippen LogP contribution in [0.25, 0.3) is 0 Å². The number of hydrogen-bond donors (Lipinski definition) is 1. The molecule has 19 heavy (non-hydrogen) atoms. The Labute approximate surface area is 115 Å². The number of fused-ring (bicyclic) bond motifs is 1. The van der Waals surface area contributed by atoms with Gasteiger partial charge in [0.25, 0.3) is 0 Å². The third-order valence-corrected chi connectivity index (χ3v) is 3.77. The molecule has 2 N–H and O–H groups in total. The Morgan fingerprint density at radius 3 is 2.79 bits per heavy atom. The minimum Gasteiger partial charge on any atom is -0.330 e. The minimum absolute atomic E-state index is 0.0499. The Morgan fingerprint density at radius 1 is 1.37 bits per heavy atom. The van der Waals surface area contributed by atoms with Gasteiger partial charge in [0.05, 0.1) is 5.92 Å². The van der Waals surface area contributed by atoms with Gasteiger partial charge in [-0.25, -0.2) is 0 Å². The Hall–Kier alpha value is -1.35. The first-order valence-electron chi connectivity index (χ1n) is 7.22. The number of nitrogens with zero attached hydrogens (tertiary/aromatic N) is 1. The van der Waals surface area contributed by atoms with Gasteiger partial charge in [-0.15, -0.1) is 0 Å². The number of nitrogens with two attached hydrogens (primary N) is 1. The molecule has 1 heterocycles. The van der Waals surface area contributed by atoms with Crippen molar-refractivity contribution in [2.24, 2.45) is 17.6 Å². The number of carbonyl (C=O) groups excluding carboxylic acids is 1. The van der Waals surface area contributed by atoms with Gasteiger partial charge in [0.15, 0.2) is 0 Å². The van der Waals surface area contributed by atoms with Gasteiger partial charge in [0, 0.05) is 18.8 Å². The van der Waals surface area contributed by atoms with E-state index in [0.29, 0.717) is 12.5 Å². The summed E-state index contributed by atoms with van der Waals surface area (Å²) in [6, 6.07) is 8.22. The molecule has 104 valence electrons. The van der Waals surface area contributed by atoms with E-state index in [0.717, 1.165) is 31.5 Å². The Balaban J connectivity index is 2.20. The summed E-state index contributed by atoms with van der Waals surface area (Å²) in [5.74, 6) is 0.645. The quantitative estimate of drug-likeness (QED) is 0.904. The van der Waals surface area contributed by atoms with Gasteiger partial charge in [-0.05, 0) is 36.8 Å². The third kappa shape index (κ3) is 3.16. The molecular weight excluding hydrogens is 236 g/mol. The number of hydrogen-bond acceptors (Lipinski definition) is 2. The second-order valence-corrected chi connectivity index (χ2v) is 5.78. The SMILES string of the molecule is CC(C)CC(CN)C(=O)N1CCCc2ccccc21. The second kappa shape index (κ2) is 6.20. The highest BCUT2D eigenvalue weighted by Gasteiger charge is 2.28. The van der Waals surface area contributed by atoms with E-state index in [1.54, 1.807) is 0 Å². The predicted octanol–water partition coefficient (Wildman–Crippen LogP) is 2.59. The van der Waals surface area contributed by atoms with Gasteiger partial charge < -0.3 is 10.6 Å². The monoisotopic (exact) mass is 260 g/mol. The normalized spacial score (nSPS) is 16.3. The topological polar surface area (TPSA) is 46.3 Å². The summed E-state index contributed by atoms with van der Waals surface area (Å²) in [5, 5.41) is 0. The highest BCUT2D eigenvalue weighted by molar-refractivity contribution is 5.96. The fourth-order valence-corrected chi connectivity index (χ4v) is 2.85. The van der Waals surface area contributed by atoms with Gasteiger partial charge in [-0.1, -0.05) is 32.0 Å². The zero-order chi connectivity index (χ0) is 13.8. The van der Waals surface area contributed by atoms with E-state index in [2.05, 4.69) is 26.0 Å². The van der Waals surface area contributed by atoms with Crippen molar-refractivity contribution in [3.05, 3.63) is 29.8 Å². The van der Waals surface area contributed by atoms with Crippen LogP contribution in [0, 0.1) is 11.8 Å². The molecular formula is C16H24N2O. The lowest BCUT2D eigenvalue weighted by molar-refractivity contribution is -0.122. The lowest BCUT2D eigenvalue weighted by Gasteiger charge is -2.32. The van der Waals surface area contributed by atoms with Crippen molar-refractivity contribution in [3.8, 4) is 0 Å². The molecule has 1 aliphatic rings. The summed E-state index contributed by atoms with van der Waals surface area (Å²) >= 11 is 0. The van der Waals surface area contributed by atoms with Crippen LogP contribution in [-0.4, -0.2) is 19.0 Å². The lowest BCUT2D eigenvalue weighted by Crippen LogP contribution is -2.42. The number of benzene rings is 1. The number of carbonyl (C=O) groups is 1. The van der Waals surface area contributed by atoms with E-state index in [9.17, 15) is 4.79 Å². The molecule has 0 saturated carbocycles. The molecule has 0 aromatic heterocycles. The first kappa shape index (κ1) is 14.1. The van der Waals surface area contributed by atoms with Crippen molar-refractivity contribution in [3.63, 3.8) is 0 Å². The maximum Gasteiger partial charge on any atom is 0.231 e. The average molecular weight is 260 g/mol. The van der Waals surface area contributed by atoms with E-state index in [-0.39, 0.29) is 11.8 Å². The number of anilines is 1. The fourth-order valence-electron chi connectivity index (χ4n) is 2.85. The van der Waals surface area contributed by atoms with Crippen molar-refractivity contribution in [2.45, 2.75) is 33.1 Å². The molecule has 1 unspecified atom stereocenters. The van der Waals surface area contributed by atoms with E-state index < -0.39 is 0 Å². The summed E-state index contributed by atoms with van der Waals surface area (Å²) in [6.45, 7) is 5.54. The van der Waals surface area contributed by atoms with Crippen LogP contribution >= 0.6 is 0 Å². The summed E-state index contributed by atoms with van der Waals surface area (Å²) < 4.78 is 0. The molecule has 1 aromatic rings. The third-order valence-electron chi connectivity index (χ3n) is 3.77. The second-order valence-electron chi connectivity index (χ2n) is 5.78. The molecule has 1 atom stereocenters. The summed E-state index contributed by atoms with van der Waals surface area (Å²) in [4.78, 5) is 14.6. The van der Waals surface area contributed by atoms with Crippen LogP contribution < -0.4 is 10.6 Å². The number of rotatable bonds is 4. The average Bonchev–Trinajstić information content (AvgIpc) is 2.43. The summed E-state index contributed by atoms with van der Waals surface area (Å²) in [6.07, 6.45) is 2.98. The standard InChI is InChI=1S/C16H24N2O/c1-12(2)10-14(11-17)16(19)18-9-5-7-13-6-3-4-8-15(13)18/h3-4,6,8,12,14H,5,7,9-11,17H2,1-2H3. The zero-order valence-corrected chi connectivity index (χ0v) is 11.9. The van der Waals surface area contributed by atoms with Crippen molar-refractivity contribution < 1.29 is 4.79 Å². The van der Waals surface area contributed by atoms with Gasteiger partial charge in [0.2, 0.25) is 5.91 Å². The van der Waals surface area contributed by atoms with E-state index >= 15 is 0 Å². The van der Waals surface area contributed by atoms with Crippen molar-refractivity contribution in [1.29, 1.82) is 0 Å². The van der Waals surface area contributed by atoms with Crippen LogP contribution in [0.15, 0.2) is 24.3 Å². The summed E-state index contributed by atoms with van der Waals surface area (Å²) in [5.41, 5.74) is 8.17. The molecule has 0 radical (unpaired) electrons. The Morgan fingerprint density at radius 2 is 2.11 bits per heavy atom. The highest BCUT2D eigenvalue weighted by Crippen LogP contribution is 2.28. The molecule has 3 nitrogen and oxygen atoms in total. The van der Waals surface area contributed by atoms with Crippen LogP contribution in [0.2, 0.25) is 0 Å². The molecule has 0 fully saturated rings. The highest BCUT2D eigenvalue weighted by atomic mass is 16.2. The summed E-state index contributed by atoms with van der Waals surface area (Å²) in [7, 11) is 0. The van der Waals surface area contributed by atoms with Gasteiger partial charge in [-0.2, -0.15) is 0 Å². The molecule has 1 aromatic carbocycles. The van der Waals surface area contributed by atoms with Crippen LogP contribution in [-0.2, 0) is 11.2 Å². The molecule has 1 amide bonds. The smallest absolute Gasteiger partial charge is 0.231 e. The molecule has 0 bridgehead atoms. The van der Waals surface area contributed by atoms with E-state index in [1.165, 1.54) is 5.56 Å². The van der Waals surface area contributed by atoms with Crippen LogP contribution in [0.1, 0.15) is 32.3 Å². The Bertz CT molecular complexity index is 442. The first-order chi connectivity index (χ1) is 9.13. The largest absolute Gasteiger partial charge is 0.330 e. The number of aryl methyl sites for hydroxylation is 1. The minimum atomic E-state index is -0.0499. The fraction of sp³-hybridized carbons (Fsp3) is 0.562. The molecule has 1 aliphatic heterocycles. The predicted molar refractivity (Wildman–Crippen MR) is 79.1 cm³/mol. The van der Waals surface area contributed by atoms with Gasteiger partial charge >= 0.3 is 0 Å². The van der Waals surface area contributed by atoms with Crippen LogP contribution in [0.4, 0.5) is 5.69 Å². The van der Waals surface area contributed by atoms with Crippen LogP contribution in [0.3, 0.4) is 0 Å². The molecule has 0 saturated heterocycles. The lowest BCUT2D eigenvalue weighted by atomic mass is 9.94. The van der Waals surface area contributed by atoms with Gasteiger partial charge in [-0.3, -0.25) is 4.79 Å². The molecule has 3 heteroatoms. The number of amides is 1. The molecule has 0 aliphatic carbocycles. The first-order valence-corrected chi connectivity index (χ1v) is 7.22. The van der Waals surface area contributed by atoms with E-state index in [1.807, 2.05) is 17.0 Å². The van der Waals surface area contributed by atoms with Crippen molar-refractivity contribution in [2.75, 3.05) is 18.0 Å². The van der Waals surface area contributed by atoms with Crippen LogP contribution in [0.5, 0.6) is 0 Å². The van der Waals surface area contributed by atoms with Gasteiger partial charge in [0.1, 0.15) is 0 Å². The Kier molecular flexibility index (Phi) is 4.59. The maximum absolute atomic E-state index is 12.7. The van der Waals surface area contributed by atoms with Crippen molar-refractivity contribution in [1.82, 2.24) is 0 Å². The molecule has 0 spiro atoms. The number of para-hydroxylation sites is 1. The maximum atomic E-state index is 12.7. The van der Waals surface area contributed by atoms with Crippen molar-refractivity contribution >= 4 is 11.6 Å².